The van der Waals surface area contributed by atoms with Crippen molar-refractivity contribution in [1.29, 1.82) is 0 Å². The fourth-order valence-electron chi connectivity index (χ4n) is 2.26. The van der Waals surface area contributed by atoms with Crippen molar-refractivity contribution >= 4 is 0 Å². The van der Waals surface area contributed by atoms with Gasteiger partial charge in [0, 0.05) is 11.1 Å². The Morgan fingerprint density at radius 1 is 0.875 bits per heavy atom. The molecular formula is C17H15FN2O4. The molecule has 0 aliphatic heterocycles. The topological polar surface area (TPSA) is 66.6 Å². The van der Waals surface area contributed by atoms with E-state index in [1.54, 1.807) is 24.3 Å². The summed E-state index contributed by atoms with van der Waals surface area (Å²) in [4.78, 5) is 4.33. The zero-order valence-electron chi connectivity index (χ0n) is 13.4. The molecule has 1 heterocycles. The molecule has 0 atom stereocenters. The van der Waals surface area contributed by atoms with E-state index >= 15 is 0 Å². The molecule has 0 radical (unpaired) electrons. The van der Waals surface area contributed by atoms with Crippen molar-refractivity contribution in [3.05, 3.63) is 42.2 Å². The average molecular weight is 330 g/mol. The third kappa shape index (κ3) is 2.88. The van der Waals surface area contributed by atoms with Gasteiger partial charge in [-0.2, -0.15) is 4.98 Å². The quantitative estimate of drug-likeness (QED) is 0.712. The number of hydrogen-bond donors (Lipinski definition) is 0. The van der Waals surface area contributed by atoms with Crippen LogP contribution in [0.25, 0.3) is 22.8 Å². The Labute approximate surface area is 137 Å². The van der Waals surface area contributed by atoms with E-state index in [4.69, 9.17) is 18.7 Å². The van der Waals surface area contributed by atoms with Gasteiger partial charge in [-0.1, -0.05) is 5.16 Å². The molecule has 0 amide bonds. The van der Waals surface area contributed by atoms with Crippen LogP contribution in [-0.2, 0) is 0 Å². The molecule has 7 heteroatoms. The van der Waals surface area contributed by atoms with Crippen molar-refractivity contribution in [2.75, 3.05) is 21.3 Å². The minimum Gasteiger partial charge on any atom is -0.493 e. The molecule has 0 aliphatic carbocycles. The van der Waals surface area contributed by atoms with E-state index in [0.29, 0.717) is 40.1 Å². The second kappa shape index (κ2) is 6.57. The van der Waals surface area contributed by atoms with Crippen molar-refractivity contribution in [1.82, 2.24) is 10.1 Å². The summed E-state index contributed by atoms with van der Waals surface area (Å²) in [5.74, 6) is 1.77. The molecule has 0 spiro atoms. The summed E-state index contributed by atoms with van der Waals surface area (Å²) < 4.78 is 34.2. The average Bonchev–Trinajstić information content (AvgIpc) is 3.11. The van der Waals surface area contributed by atoms with Crippen LogP contribution in [0.3, 0.4) is 0 Å². The van der Waals surface area contributed by atoms with Crippen molar-refractivity contribution in [2.24, 2.45) is 0 Å². The Bertz CT molecular complexity index is 821. The molecule has 6 nitrogen and oxygen atoms in total. The molecule has 24 heavy (non-hydrogen) atoms. The maximum atomic E-state index is 13.0. The molecule has 1 aromatic heterocycles. The number of nitrogens with zero attached hydrogens (tertiary/aromatic N) is 2. The normalized spacial score (nSPS) is 10.5. The number of hydrogen-bond acceptors (Lipinski definition) is 6. The third-order valence-corrected chi connectivity index (χ3v) is 3.44. The van der Waals surface area contributed by atoms with Gasteiger partial charge < -0.3 is 18.7 Å². The van der Waals surface area contributed by atoms with Gasteiger partial charge in [0.15, 0.2) is 11.5 Å². The standard InChI is InChI=1S/C17H15FN2O4/c1-21-13-8-11(9-14(22-2)15(13)23-3)16-19-17(24-20-16)10-4-6-12(18)7-5-10/h4-9H,1-3H3. The van der Waals surface area contributed by atoms with Gasteiger partial charge in [-0.25, -0.2) is 4.39 Å². The van der Waals surface area contributed by atoms with Crippen LogP contribution < -0.4 is 14.2 Å². The van der Waals surface area contributed by atoms with Crippen LogP contribution in [-0.4, -0.2) is 31.5 Å². The fraction of sp³-hybridized carbons (Fsp3) is 0.176. The van der Waals surface area contributed by atoms with Crippen molar-refractivity contribution < 1.29 is 23.1 Å². The number of benzene rings is 2. The first-order chi connectivity index (χ1) is 11.7. The number of halogens is 1. The van der Waals surface area contributed by atoms with Gasteiger partial charge in [-0.15, -0.1) is 0 Å². The first-order valence-corrected chi connectivity index (χ1v) is 7.06. The summed E-state index contributed by atoms with van der Waals surface area (Å²) in [5.41, 5.74) is 1.27. The SMILES string of the molecule is COc1cc(-c2noc(-c3ccc(F)cc3)n2)cc(OC)c1OC. The van der Waals surface area contributed by atoms with Gasteiger partial charge >= 0.3 is 0 Å². The van der Waals surface area contributed by atoms with Gasteiger partial charge in [0.1, 0.15) is 5.82 Å². The molecule has 0 saturated heterocycles. The van der Waals surface area contributed by atoms with Gasteiger partial charge in [-0.05, 0) is 36.4 Å². The molecule has 0 aliphatic rings. The molecule has 0 bridgehead atoms. The van der Waals surface area contributed by atoms with E-state index in [1.165, 1.54) is 33.5 Å². The Balaban J connectivity index is 2.02. The monoisotopic (exact) mass is 330 g/mol. The maximum absolute atomic E-state index is 13.0. The minimum absolute atomic E-state index is 0.291. The lowest BCUT2D eigenvalue weighted by atomic mass is 10.1. The minimum atomic E-state index is -0.330. The lowest BCUT2D eigenvalue weighted by Crippen LogP contribution is -1.96. The highest BCUT2D eigenvalue weighted by Crippen LogP contribution is 2.40. The van der Waals surface area contributed by atoms with Gasteiger partial charge in [0.25, 0.3) is 5.89 Å². The molecular weight excluding hydrogens is 315 g/mol. The molecule has 3 aromatic rings. The van der Waals surface area contributed by atoms with E-state index < -0.39 is 0 Å². The number of rotatable bonds is 5. The predicted octanol–water partition coefficient (Wildman–Crippen LogP) is 3.57. The molecule has 2 aromatic carbocycles. The van der Waals surface area contributed by atoms with E-state index in [2.05, 4.69) is 10.1 Å². The summed E-state index contributed by atoms with van der Waals surface area (Å²) in [7, 11) is 4.59. The first-order valence-electron chi connectivity index (χ1n) is 7.06. The molecule has 0 N–H and O–H groups in total. The first kappa shape index (κ1) is 15.8. The highest BCUT2D eigenvalue weighted by atomic mass is 19.1. The van der Waals surface area contributed by atoms with Crippen molar-refractivity contribution in [3.8, 4) is 40.1 Å². The molecule has 124 valence electrons. The summed E-state index contributed by atoms with van der Waals surface area (Å²) in [6, 6.07) is 9.25. The predicted molar refractivity (Wildman–Crippen MR) is 84.8 cm³/mol. The van der Waals surface area contributed by atoms with Gasteiger partial charge in [-0.3, -0.25) is 0 Å². The zero-order valence-corrected chi connectivity index (χ0v) is 13.4. The third-order valence-electron chi connectivity index (χ3n) is 3.44. The van der Waals surface area contributed by atoms with Gasteiger partial charge in [0.05, 0.1) is 21.3 Å². The van der Waals surface area contributed by atoms with Crippen LogP contribution in [0.15, 0.2) is 40.9 Å². The maximum Gasteiger partial charge on any atom is 0.258 e. The van der Waals surface area contributed by atoms with Crippen LogP contribution >= 0.6 is 0 Å². The number of methoxy groups -OCH3 is 3. The van der Waals surface area contributed by atoms with Crippen LogP contribution in [0.1, 0.15) is 0 Å². The molecule has 0 fully saturated rings. The van der Waals surface area contributed by atoms with Crippen molar-refractivity contribution in [3.63, 3.8) is 0 Å². The Morgan fingerprint density at radius 2 is 1.50 bits per heavy atom. The lowest BCUT2D eigenvalue weighted by molar-refractivity contribution is 0.324. The second-order valence-corrected chi connectivity index (χ2v) is 4.84. The van der Waals surface area contributed by atoms with Crippen molar-refractivity contribution in [2.45, 2.75) is 0 Å². The molecule has 0 unspecified atom stereocenters. The van der Waals surface area contributed by atoms with E-state index in [-0.39, 0.29) is 5.82 Å². The second-order valence-electron chi connectivity index (χ2n) is 4.84. The van der Waals surface area contributed by atoms with E-state index in [1.807, 2.05) is 0 Å². The van der Waals surface area contributed by atoms with E-state index in [0.717, 1.165) is 0 Å². The van der Waals surface area contributed by atoms with Crippen LogP contribution in [0.2, 0.25) is 0 Å². The van der Waals surface area contributed by atoms with Crippen LogP contribution in [0, 0.1) is 5.82 Å². The molecule has 3 rings (SSSR count). The highest BCUT2D eigenvalue weighted by Gasteiger charge is 2.17. The number of aromatic nitrogens is 2. The summed E-state index contributed by atoms with van der Waals surface area (Å²) in [5, 5.41) is 3.96. The lowest BCUT2D eigenvalue weighted by Gasteiger charge is -2.12. The Kier molecular flexibility index (Phi) is 4.33. The Morgan fingerprint density at radius 3 is 2.04 bits per heavy atom. The fourth-order valence-corrected chi connectivity index (χ4v) is 2.26. The van der Waals surface area contributed by atoms with E-state index in [9.17, 15) is 4.39 Å². The summed E-state index contributed by atoms with van der Waals surface area (Å²) >= 11 is 0. The summed E-state index contributed by atoms with van der Waals surface area (Å²) in [6.45, 7) is 0. The summed E-state index contributed by atoms with van der Waals surface area (Å²) in [6.07, 6.45) is 0. The zero-order chi connectivity index (χ0) is 17.1. The van der Waals surface area contributed by atoms with Crippen LogP contribution in [0.5, 0.6) is 17.2 Å². The smallest absolute Gasteiger partial charge is 0.258 e. The number of ether oxygens (including phenoxy) is 3. The van der Waals surface area contributed by atoms with Gasteiger partial charge in [0.2, 0.25) is 11.6 Å². The molecule has 0 saturated carbocycles. The highest BCUT2D eigenvalue weighted by molar-refractivity contribution is 5.67. The van der Waals surface area contributed by atoms with Crippen LogP contribution in [0.4, 0.5) is 4.39 Å². The Hall–Kier alpha value is -3.09. The largest absolute Gasteiger partial charge is 0.493 e.